The number of halogens is 1. The summed E-state index contributed by atoms with van der Waals surface area (Å²) < 4.78 is 29.2. The average molecular weight is 628 g/mol. The lowest BCUT2D eigenvalue weighted by molar-refractivity contribution is 0.00263. The highest BCUT2D eigenvalue weighted by atomic mass is 79.9. The molecule has 4 aromatic rings. The molecule has 0 spiro atoms. The summed E-state index contributed by atoms with van der Waals surface area (Å²) in [6, 6.07) is 13.0. The largest absolute Gasteiger partial charge is 0.491 e. The molecular formula is C30H35BrN4O6. The zero-order chi connectivity index (χ0) is 29.7. The van der Waals surface area contributed by atoms with Crippen LogP contribution < -0.4 is 23.7 Å². The van der Waals surface area contributed by atoms with E-state index in [1.165, 1.54) is 21.3 Å². The van der Waals surface area contributed by atoms with Crippen molar-refractivity contribution >= 4 is 26.8 Å². The number of ether oxygens (including phenoxy) is 5. The van der Waals surface area contributed by atoms with Crippen molar-refractivity contribution in [3.63, 3.8) is 0 Å². The molecular weight excluding hydrogens is 592 g/mol. The first-order valence-corrected chi connectivity index (χ1v) is 13.7. The number of benzene rings is 1. The number of methoxy groups -OCH3 is 5. The minimum Gasteiger partial charge on any atom is -0.491 e. The Morgan fingerprint density at radius 2 is 1.51 bits per heavy atom. The Balaban J connectivity index is 2.15. The predicted molar refractivity (Wildman–Crippen MR) is 160 cm³/mol. The molecule has 1 aromatic carbocycles. The summed E-state index contributed by atoms with van der Waals surface area (Å²) in [6.45, 7) is 0.541. The van der Waals surface area contributed by atoms with Gasteiger partial charge >= 0.3 is 0 Å². The molecule has 3 aromatic heterocycles. The van der Waals surface area contributed by atoms with E-state index in [0.717, 1.165) is 15.4 Å². The quantitative estimate of drug-likeness (QED) is 0.235. The van der Waals surface area contributed by atoms with E-state index < -0.39 is 11.5 Å². The Hall–Kier alpha value is -3.67. The Kier molecular flexibility index (Phi) is 9.52. The molecule has 0 amide bonds. The lowest BCUT2D eigenvalue weighted by Crippen LogP contribution is -2.38. The van der Waals surface area contributed by atoms with Gasteiger partial charge in [0.2, 0.25) is 17.6 Å². The molecule has 0 fully saturated rings. The van der Waals surface area contributed by atoms with Gasteiger partial charge in [-0.05, 0) is 56.4 Å². The van der Waals surface area contributed by atoms with Gasteiger partial charge in [-0.25, -0.2) is 9.97 Å². The van der Waals surface area contributed by atoms with Crippen LogP contribution in [0.3, 0.4) is 0 Å². The minimum absolute atomic E-state index is 0.283. The summed E-state index contributed by atoms with van der Waals surface area (Å²) in [5, 5.41) is 14.0. The fourth-order valence-corrected chi connectivity index (χ4v) is 5.39. The fourth-order valence-electron chi connectivity index (χ4n) is 5.01. The molecule has 3 heterocycles. The molecule has 2 atom stereocenters. The summed E-state index contributed by atoms with van der Waals surface area (Å²) in [5.41, 5.74) is 0.964. The maximum absolute atomic E-state index is 13.1. The summed E-state index contributed by atoms with van der Waals surface area (Å²) in [4.78, 5) is 15.6. The molecule has 0 aliphatic carbocycles. The molecule has 41 heavy (non-hydrogen) atoms. The second-order valence-electron chi connectivity index (χ2n) is 9.72. The van der Waals surface area contributed by atoms with Crippen molar-refractivity contribution < 1.29 is 28.8 Å². The molecule has 4 rings (SSSR count). The molecule has 10 nitrogen and oxygen atoms in total. The SMILES string of the molecule is COc1cc([C@](O)(CCN(C)C)[C@@H](c2cc3cc(Br)ccc3nc2OC)c2ccnc(OC)c2OC)cc(OC)n1. The van der Waals surface area contributed by atoms with Gasteiger partial charge in [0.25, 0.3) is 5.88 Å². The van der Waals surface area contributed by atoms with Crippen molar-refractivity contribution in [2.75, 3.05) is 56.2 Å². The third-order valence-corrected chi connectivity index (χ3v) is 7.49. The minimum atomic E-state index is -1.58. The Morgan fingerprint density at radius 1 is 0.829 bits per heavy atom. The highest BCUT2D eigenvalue weighted by Crippen LogP contribution is 2.51. The topological polar surface area (TPSA) is 108 Å². The molecule has 1 N–H and O–H groups in total. The lowest BCUT2D eigenvalue weighted by Gasteiger charge is -2.39. The van der Waals surface area contributed by atoms with Crippen molar-refractivity contribution in [2.45, 2.75) is 17.9 Å². The highest BCUT2D eigenvalue weighted by molar-refractivity contribution is 9.10. The van der Waals surface area contributed by atoms with Crippen LogP contribution in [0.25, 0.3) is 10.9 Å². The number of pyridine rings is 3. The molecule has 0 saturated carbocycles. The van der Waals surface area contributed by atoms with E-state index in [1.807, 2.05) is 49.3 Å². The van der Waals surface area contributed by atoms with Crippen molar-refractivity contribution in [1.29, 1.82) is 0 Å². The third-order valence-electron chi connectivity index (χ3n) is 7.00. The number of hydrogen-bond acceptors (Lipinski definition) is 10. The van der Waals surface area contributed by atoms with Gasteiger partial charge in [-0.3, -0.25) is 0 Å². The van der Waals surface area contributed by atoms with Crippen LogP contribution in [-0.4, -0.2) is 81.1 Å². The normalized spacial score (nSPS) is 13.5. The molecule has 0 bridgehead atoms. The van der Waals surface area contributed by atoms with E-state index >= 15 is 0 Å². The van der Waals surface area contributed by atoms with Crippen LogP contribution in [0.2, 0.25) is 0 Å². The number of aliphatic hydroxyl groups is 1. The number of hydrogen-bond donors (Lipinski definition) is 1. The van der Waals surface area contributed by atoms with E-state index in [9.17, 15) is 5.11 Å². The van der Waals surface area contributed by atoms with E-state index in [0.29, 0.717) is 53.0 Å². The molecule has 0 saturated heterocycles. The lowest BCUT2D eigenvalue weighted by atomic mass is 9.71. The zero-order valence-electron chi connectivity index (χ0n) is 24.3. The van der Waals surface area contributed by atoms with Crippen LogP contribution in [0.5, 0.6) is 29.3 Å². The van der Waals surface area contributed by atoms with Gasteiger partial charge in [-0.15, -0.1) is 0 Å². The van der Waals surface area contributed by atoms with Crippen LogP contribution in [0.4, 0.5) is 0 Å². The van der Waals surface area contributed by atoms with Crippen LogP contribution in [-0.2, 0) is 5.60 Å². The maximum Gasteiger partial charge on any atom is 0.257 e. The Bertz CT molecular complexity index is 1500. The van der Waals surface area contributed by atoms with Crippen molar-refractivity contribution in [3.05, 3.63) is 69.8 Å². The summed E-state index contributed by atoms with van der Waals surface area (Å²) >= 11 is 3.57. The number of rotatable bonds is 12. The zero-order valence-corrected chi connectivity index (χ0v) is 25.9. The molecule has 0 radical (unpaired) electrons. The second kappa shape index (κ2) is 12.9. The van der Waals surface area contributed by atoms with Gasteiger partial charge in [-0.2, -0.15) is 4.98 Å². The van der Waals surface area contributed by atoms with Gasteiger partial charge in [0.1, 0.15) is 5.60 Å². The van der Waals surface area contributed by atoms with E-state index in [-0.39, 0.29) is 5.88 Å². The van der Waals surface area contributed by atoms with E-state index in [4.69, 9.17) is 28.7 Å². The van der Waals surface area contributed by atoms with Gasteiger partial charge in [0.15, 0.2) is 5.75 Å². The summed E-state index contributed by atoms with van der Waals surface area (Å²) in [7, 11) is 11.6. The smallest absolute Gasteiger partial charge is 0.257 e. The fraction of sp³-hybridized carbons (Fsp3) is 0.367. The molecule has 0 unspecified atom stereocenters. The van der Waals surface area contributed by atoms with Gasteiger partial charge in [0, 0.05) is 45.9 Å². The van der Waals surface area contributed by atoms with Crippen molar-refractivity contribution in [3.8, 4) is 29.3 Å². The van der Waals surface area contributed by atoms with Gasteiger partial charge < -0.3 is 33.7 Å². The predicted octanol–water partition coefficient (Wildman–Crippen LogP) is 4.80. The molecule has 218 valence electrons. The first-order chi connectivity index (χ1) is 19.7. The maximum atomic E-state index is 13.1. The molecule has 0 aliphatic rings. The van der Waals surface area contributed by atoms with Crippen molar-refractivity contribution in [1.82, 2.24) is 19.9 Å². The summed E-state index contributed by atoms with van der Waals surface area (Å²) in [6.07, 6.45) is 1.93. The van der Waals surface area contributed by atoms with Crippen LogP contribution in [0.1, 0.15) is 29.0 Å². The Morgan fingerprint density at radius 3 is 2.10 bits per heavy atom. The first-order valence-electron chi connectivity index (χ1n) is 12.9. The van der Waals surface area contributed by atoms with Gasteiger partial charge in [-0.1, -0.05) is 15.9 Å². The second-order valence-corrected chi connectivity index (χ2v) is 10.6. The van der Waals surface area contributed by atoms with Crippen LogP contribution >= 0.6 is 15.9 Å². The monoisotopic (exact) mass is 626 g/mol. The van der Waals surface area contributed by atoms with E-state index in [2.05, 4.69) is 25.9 Å². The van der Waals surface area contributed by atoms with Crippen LogP contribution in [0, 0.1) is 0 Å². The van der Waals surface area contributed by atoms with E-state index in [1.54, 1.807) is 32.5 Å². The Labute approximate surface area is 248 Å². The third kappa shape index (κ3) is 6.17. The number of aromatic nitrogens is 3. The van der Waals surface area contributed by atoms with Crippen LogP contribution in [0.15, 0.2) is 53.1 Å². The average Bonchev–Trinajstić information content (AvgIpc) is 2.99. The molecule has 11 heteroatoms. The number of fused-ring (bicyclic) bond motifs is 1. The standard InChI is InChI=1S/C30H35BrN4O6/c1-35(2)13-11-30(36,19-16-24(37-3)34-25(17-19)38-4)26(21-10-12-32-29(41-7)27(21)39-5)22-15-18-14-20(31)8-9-23(18)33-28(22)40-6/h8-10,12,14-17,26,36H,11,13H2,1-7H3/t26-,30-/m1/s1. The van der Waals surface area contributed by atoms with Crippen molar-refractivity contribution in [2.24, 2.45) is 0 Å². The molecule has 0 aliphatic heterocycles. The first kappa shape index (κ1) is 30.3. The number of nitrogens with zero attached hydrogens (tertiary/aromatic N) is 4. The highest BCUT2D eigenvalue weighted by Gasteiger charge is 2.45. The van der Waals surface area contributed by atoms with Gasteiger partial charge in [0.05, 0.1) is 47.0 Å². The summed E-state index contributed by atoms with van der Waals surface area (Å²) in [5.74, 6) is 0.843.